The number of amides is 2. The maximum Gasteiger partial charge on any atom is 0.410 e. The van der Waals surface area contributed by atoms with Gasteiger partial charge in [-0.2, -0.15) is 0 Å². The van der Waals surface area contributed by atoms with E-state index in [2.05, 4.69) is 0 Å². The molecule has 0 radical (unpaired) electrons. The van der Waals surface area contributed by atoms with Crippen LogP contribution < -0.4 is 0 Å². The average Bonchev–Trinajstić information content (AvgIpc) is 2.74. The highest BCUT2D eigenvalue weighted by atomic mass is 16.6. The summed E-state index contributed by atoms with van der Waals surface area (Å²) in [7, 11) is 0. The molecule has 3 rings (SSSR count). The molecule has 142 valence electrons. The Balaban J connectivity index is 1.50. The third kappa shape index (κ3) is 4.88. The molecule has 0 aromatic heterocycles. The van der Waals surface area contributed by atoms with E-state index in [0.29, 0.717) is 26.2 Å². The van der Waals surface area contributed by atoms with Crippen molar-refractivity contribution in [1.29, 1.82) is 0 Å². The van der Waals surface area contributed by atoms with E-state index in [1.807, 2.05) is 72.5 Å². The lowest BCUT2D eigenvalue weighted by Gasteiger charge is -2.35. The first-order valence-electron chi connectivity index (χ1n) is 9.48. The minimum atomic E-state index is -0.318. The van der Waals surface area contributed by atoms with E-state index in [4.69, 9.17) is 4.74 Å². The Morgan fingerprint density at radius 3 is 2.04 bits per heavy atom. The molecule has 1 unspecified atom stereocenters. The molecule has 1 heterocycles. The van der Waals surface area contributed by atoms with Crippen LogP contribution in [0.3, 0.4) is 0 Å². The van der Waals surface area contributed by atoms with Crippen molar-refractivity contribution in [3.63, 3.8) is 0 Å². The SMILES string of the molecule is CCC(C(=O)N1CCN(C(=O)OCc2ccccc2)CC1)c1ccccc1. The number of hydrogen-bond acceptors (Lipinski definition) is 3. The number of rotatable bonds is 5. The number of nitrogens with zero attached hydrogens (tertiary/aromatic N) is 2. The van der Waals surface area contributed by atoms with Gasteiger partial charge >= 0.3 is 6.09 Å². The fraction of sp³-hybridized carbons (Fsp3) is 0.364. The zero-order valence-corrected chi connectivity index (χ0v) is 15.7. The molecule has 0 spiro atoms. The summed E-state index contributed by atoms with van der Waals surface area (Å²) in [6.07, 6.45) is 0.448. The van der Waals surface area contributed by atoms with Gasteiger partial charge in [0, 0.05) is 26.2 Å². The fourth-order valence-electron chi connectivity index (χ4n) is 3.38. The monoisotopic (exact) mass is 366 g/mol. The molecule has 0 saturated carbocycles. The van der Waals surface area contributed by atoms with Crippen molar-refractivity contribution in [2.75, 3.05) is 26.2 Å². The molecular weight excluding hydrogens is 340 g/mol. The molecule has 1 aliphatic rings. The summed E-state index contributed by atoms with van der Waals surface area (Å²) in [4.78, 5) is 28.7. The molecule has 1 aliphatic heterocycles. The van der Waals surface area contributed by atoms with Crippen LogP contribution in [0.25, 0.3) is 0 Å². The Morgan fingerprint density at radius 2 is 1.44 bits per heavy atom. The summed E-state index contributed by atoms with van der Waals surface area (Å²) in [6.45, 7) is 4.40. The van der Waals surface area contributed by atoms with Gasteiger partial charge in [0.15, 0.2) is 0 Å². The van der Waals surface area contributed by atoms with Gasteiger partial charge in [-0.25, -0.2) is 4.79 Å². The zero-order chi connectivity index (χ0) is 19.1. The largest absolute Gasteiger partial charge is 0.445 e. The Bertz CT molecular complexity index is 741. The molecule has 1 saturated heterocycles. The van der Waals surface area contributed by atoms with E-state index in [1.54, 1.807) is 4.90 Å². The smallest absolute Gasteiger partial charge is 0.410 e. The lowest BCUT2D eigenvalue weighted by Crippen LogP contribution is -2.51. The number of benzene rings is 2. The number of ether oxygens (including phenoxy) is 1. The van der Waals surface area contributed by atoms with Crippen LogP contribution in [0.2, 0.25) is 0 Å². The van der Waals surface area contributed by atoms with E-state index >= 15 is 0 Å². The Kier molecular flexibility index (Phi) is 6.47. The number of hydrogen-bond donors (Lipinski definition) is 0. The minimum absolute atomic E-state index is 0.122. The Labute approximate surface area is 160 Å². The van der Waals surface area contributed by atoms with Crippen LogP contribution in [-0.2, 0) is 16.1 Å². The van der Waals surface area contributed by atoms with Gasteiger partial charge in [-0.3, -0.25) is 4.79 Å². The molecule has 0 bridgehead atoms. The van der Waals surface area contributed by atoms with Gasteiger partial charge in [0.2, 0.25) is 5.91 Å². The molecule has 27 heavy (non-hydrogen) atoms. The van der Waals surface area contributed by atoms with E-state index in [-0.39, 0.29) is 24.5 Å². The topological polar surface area (TPSA) is 49.9 Å². The summed E-state index contributed by atoms with van der Waals surface area (Å²) in [5.74, 6) is 0.0174. The van der Waals surface area contributed by atoms with Crippen molar-refractivity contribution in [3.8, 4) is 0 Å². The predicted molar refractivity (Wildman–Crippen MR) is 104 cm³/mol. The fourth-order valence-corrected chi connectivity index (χ4v) is 3.38. The van der Waals surface area contributed by atoms with Crippen LogP contribution in [-0.4, -0.2) is 48.0 Å². The average molecular weight is 366 g/mol. The van der Waals surface area contributed by atoms with Crippen molar-refractivity contribution >= 4 is 12.0 Å². The van der Waals surface area contributed by atoms with Crippen LogP contribution in [0.1, 0.15) is 30.4 Å². The van der Waals surface area contributed by atoms with Crippen LogP contribution in [0.4, 0.5) is 4.79 Å². The molecule has 2 aromatic carbocycles. The Hall–Kier alpha value is -2.82. The van der Waals surface area contributed by atoms with E-state index in [9.17, 15) is 9.59 Å². The molecule has 2 amide bonds. The van der Waals surface area contributed by atoms with Crippen molar-refractivity contribution in [2.24, 2.45) is 0 Å². The van der Waals surface area contributed by atoms with Crippen molar-refractivity contribution in [2.45, 2.75) is 25.9 Å². The highest BCUT2D eigenvalue weighted by Crippen LogP contribution is 2.22. The number of carbonyl (C=O) groups excluding carboxylic acids is 2. The highest BCUT2D eigenvalue weighted by molar-refractivity contribution is 5.84. The molecular formula is C22H26N2O3. The van der Waals surface area contributed by atoms with Gasteiger partial charge < -0.3 is 14.5 Å². The van der Waals surface area contributed by atoms with Gasteiger partial charge in [0.1, 0.15) is 6.61 Å². The van der Waals surface area contributed by atoms with Crippen LogP contribution in [0.15, 0.2) is 60.7 Å². The quantitative estimate of drug-likeness (QED) is 0.811. The second kappa shape index (κ2) is 9.21. The van der Waals surface area contributed by atoms with Gasteiger partial charge in [-0.1, -0.05) is 67.6 Å². The van der Waals surface area contributed by atoms with E-state index in [0.717, 1.165) is 17.5 Å². The maximum atomic E-state index is 12.9. The van der Waals surface area contributed by atoms with Gasteiger partial charge in [0.05, 0.1) is 5.92 Å². The van der Waals surface area contributed by atoms with Gasteiger partial charge in [-0.15, -0.1) is 0 Å². The molecule has 5 nitrogen and oxygen atoms in total. The summed E-state index contributed by atoms with van der Waals surface area (Å²) < 4.78 is 5.38. The minimum Gasteiger partial charge on any atom is -0.445 e. The molecule has 2 aromatic rings. The predicted octanol–water partition coefficient (Wildman–Crippen LogP) is 3.66. The first-order valence-corrected chi connectivity index (χ1v) is 9.48. The maximum absolute atomic E-state index is 12.9. The summed E-state index contributed by atoms with van der Waals surface area (Å²) >= 11 is 0. The summed E-state index contributed by atoms with van der Waals surface area (Å²) in [6, 6.07) is 19.5. The molecule has 1 fully saturated rings. The van der Waals surface area contributed by atoms with Crippen LogP contribution in [0, 0.1) is 0 Å². The lowest BCUT2D eigenvalue weighted by molar-refractivity contribution is -0.134. The molecule has 5 heteroatoms. The third-order valence-electron chi connectivity index (χ3n) is 4.96. The van der Waals surface area contributed by atoms with Crippen molar-refractivity contribution in [1.82, 2.24) is 9.80 Å². The lowest BCUT2D eigenvalue weighted by atomic mass is 9.95. The van der Waals surface area contributed by atoms with E-state index in [1.165, 1.54) is 0 Å². The summed E-state index contributed by atoms with van der Waals surface area (Å²) in [5.41, 5.74) is 2.02. The molecule has 0 aliphatic carbocycles. The number of piperazine rings is 1. The second-order valence-corrected chi connectivity index (χ2v) is 6.72. The molecule has 0 N–H and O–H groups in total. The molecule has 1 atom stereocenters. The second-order valence-electron chi connectivity index (χ2n) is 6.72. The van der Waals surface area contributed by atoms with Gasteiger partial charge in [0.25, 0.3) is 0 Å². The van der Waals surface area contributed by atoms with Crippen LogP contribution in [0.5, 0.6) is 0 Å². The third-order valence-corrected chi connectivity index (χ3v) is 4.96. The normalized spacial score (nSPS) is 15.3. The highest BCUT2D eigenvalue weighted by Gasteiger charge is 2.29. The van der Waals surface area contributed by atoms with Crippen molar-refractivity contribution < 1.29 is 14.3 Å². The first kappa shape index (κ1) is 19.0. The first-order chi connectivity index (χ1) is 13.2. The number of carbonyl (C=O) groups is 2. The summed E-state index contributed by atoms with van der Waals surface area (Å²) in [5, 5.41) is 0. The Morgan fingerprint density at radius 1 is 0.889 bits per heavy atom. The van der Waals surface area contributed by atoms with E-state index < -0.39 is 0 Å². The van der Waals surface area contributed by atoms with Crippen LogP contribution >= 0.6 is 0 Å². The zero-order valence-electron chi connectivity index (χ0n) is 15.7. The van der Waals surface area contributed by atoms with Crippen molar-refractivity contribution in [3.05, 3.63) is 71.8 Å². The standard InChI is InChI=1S/C22H26N2O3/c1-2-20(19-11-7-4-8-12-19)21(25)23-13-15-24(16-14-23)22(26)27-17-18-9-5-3-6-10-18/h3-12,20H,2,13-17H2,1H3. The van der Waals surface area contributed by atoms with Gasteiger partial charge in [-0.05, 0) is 17.5 Å².